The van der Waals surface area contributed by atoms with E-state index in [1.54, 1.807) is 31.2 Å². The molecule has 2 aromatic carbocycles. The number of nitrogens with zero attached hydrogens (tertiary/aromatic N) is 1. The standard InChI is InChI=1S/C18H16ClNO7/c1-2-25-17(21)12-9-13(11-15(10-12)20(23)24)18(22)27-8-7-26-16-5-3-14(19)4-6-16/h3-6,9-11H,2,7-8H2,1H3. The fourth-order valence-corrected chi connectivity index (χ4v) is 2.20. The zero-order valence-corrected chi connectivity index (χ0v) is 15.1. The highest BCUT2D eigenvalue weighted by Crippen LogP contribution is 2.19. The minimum absolute atomic E-state index is 0.0764. The lowest BCUT2D eigenvalue weighted by Gasteiger charge is -2.08. The van der Waals surface area contributed by atoms with E-state index in [2.05, 4.69) is 0 Å². The van der Waals surface area contributed by atoms with Gasteiger partial charge in [-0.1, -0.05) is 11.6 Å². The number of halogens is 1. The third-order valence-electron chi connectivity index (χ3n) is 3.27. The number of ether oxygens (including phenoxy) is 3. The maximum atomic E-state index is 12.1. The molecule has 142 valence electrons. The van der Waals surface area contributed by atoms with Gasteiger partial charge in [0.1, 0.15) is 19.0 Å². The molecule has 0 atom stereocenters. The largest absolute Gasteiger partial charge is 0.490 e. The molecule has 2 rings (SSSR count). The molecule has 0 fully saturated rings. The second-order valence-corrected chi connectivity index (χ2v) is 5.62. The predicted octanol–water partition coefficient (Wildman–Crippen LogP) is 3.66. The lowest BCUT2D eigenvalue weighted by molar-refractivity contribution is -0.384. The summed E-state index contributed by atoms with van der Waals surface area (Å²) in [6.45, 7) is 1.69. The first-order chi connectivity index (χ1) is 12.9. The van der Waals surface area contributed by atoms with Crippen molar-refractivity contribution in [2.24, 2.45) is 0 Å². The summed E-state index contributed by atoms with van der Waals surface area (Å²) in [6.07, 6.45) is 0. The van der Waals surface area contributed by atoms with Crippen LogP contribution in [0.3, 0.4) is 0 Å². The number of nitro benzene ring substituents is 1. The molecule has 0 saturated carbocycles. The highest BCUT2D eigenvalue weighted by atomic mass is 35.5. The van der Waals surface area contributed by atoms with Gasteiger partial charge in [-0.25, -0.2) is 9.59 Å². The first-order valence-electron chi connectivity index (χ1n) is 7.92. The molecule has 0 aliphatic heterocycles. The topological polar surface area (TPSA) is 105 Å². The second-order valence-electron chi connectivity index (χ2n) is 5.18. The van der Waals surface area contributed by atoms with Crippen LogP contribution in [-0.2, 0) is 9.47 Å². The van der Waals surface area contributed by atoms with Gasteiger partial charge in [0.25, 0.3) is 5.69 Å². The SMILES string of the molecule is CCOC(=O)c1cc(C(=O)OCCOc2ccc(Cl)cc2)cc([N+](=O)[O-])c1. The van der Waals surface area contributed by atoms with Crippen LogP contribution in [-0.4, -0.2) is 36.7 Å². The molecule has 9 heteroatoms. The maximum absolute atomic E-state index is 12.1. The minimum Gasteiger partial charge on any atom is -0.490 e. The van der Waals surface area contributed by atoms with Gasteiger partial charge in [-0.2, -0.15) is 0 Å². The Balaban J connectivity index is 2.00. The molecule has 2 aromatic rings. The van der Waals surface area contributed by atoms with Gasteiger partial charge < -0.3 is 14.2 Å². The van der Waals surface area contributed by atoms with Gasteiger partial charge in [0.15, 0.2) is 0 Å². The number of hydrogen-bond acceptors (Lipinski definition) is 7. The van der Waals surface area contributed by atoms with Gasteiger partial charge in [0.2, 0.25) is 0 Å². The molecule has 0 bridgehead atoms. The number of hydrogen-bond donors (Lipinski definition) is 0. The summed E-state index contributed by atoms with van der Waals surface area (Å²) in [5, 5.41) is 11.6. The molecular formula is C18H16ClNO7. The molecule has 0 unspecified atom stereocenters. The molecular weight excluding hydrogens is 378 g/mol. The van der Waals surface area contributed by atoms with E-state index >= 15 is 0 Å². The van der Waals surface area contributed by atoms with Gasteiger partial charge in [0.05, 0.1) is 22.7 Å². The summed E-state index contributed by atoms with van der Waals surface area (Å²) >= 11 is 5.77. The van der Waals surface area contributed by atoms with E-state index < -0.39 is 22.5 Å². The Morgan fingerprint density at radius 3 is 2.15 bits per heavy atom. The fourth-order valence-electron chi connectivity index (χ4n) is 2.07. The third-order valence-corrected chi connectivity index (χ3v) is 3.53. The number of rotatable bonds is 8. The van der Waals surface area contributed by atoms with Crippen LogP contribution in [0.4, 0.5) is 5.69 Å². The zero-order chi connectivity index (χ0) is 19.8. The van der Waals surface area contributed by atoms with Crippen molar-refractivity contribution in [2.75, 3.05) is 19.8 Å². The summed E-state index contributed by atoms with van der Waals surface area (Å²) in [7, 11) is 0. The van der Waals surface area contributed by atoms with E-state index in [0.717, 1.165) is 12.1 Å². The van der Waals surface area contributed by atoms with Crippen LogP contribution >= 0.6 is 11.6 Å². The van der Waals surface area contributed by atoms with E-state index in [1.165, 1.54) is 6.07 Å². The van der Waals surface area contributed by atoms with Crippen molar-refractivity contribution >= 4 is 29.2 Å². The minimum atomic E-state index is -0.816. The summed E-state index contributed by atoms with van der Waals surface area (Å²) in [6, 6.07) is 9.90. The third kappa shape index (κ3) is 5.96. The van der Waals surface area contributed by atoms with Gasteiger partial charge in [0, 0.05) is 17.2 Å². The van der Waals surface area contributed by atoms with Crippen molar-refractivity contribution in [3.05, 3.63) is 68.7 Å². The van der Waals surface area contributed by atoms with Crippen molar-refractivity contribution in [1.82, 2.24) is 0 Å². The molecule has 0 aliphatic rings. The average Bonchev–Trinajstić information content (AvgIpc) is 2.66. The van der Waals surface area contributed by atoms with Crippen LogP contribution < -0.4 is 4.74 Å². The molecule has 0 N–H and O–H groups in total. The molecule has 0 radical (unpaired) electrons. The summed E-state index contributed by atoms with van der Waals surface area (Å²) in [5.74, 6) is -1.03. The predicted molar refractivity (Wildman–Crippen MR) is 96.3 cm³/mol. The Morgan fingerprint density at radius 1 is 1.00 bits per heavy atom. The Hall–Kier alpha value is -3.13. The molecule has 8 nitrogen and oxygen atoms in total. The normalized spacial score (nSPS) is 10.1. The van der Waals surface area contributed by atoms with Crippen LogP contribution in [0.1, 0.15) is 27.6 Å². The average molecular weight is 394 g/mol. The monoisotopic (exact) mass is 393 g/mol. The fraction of sp³-hybridized carbons (Fsp3) is 0.222. The molecule has 0 heterocycles. The summed E-state index contributed by atoms with van der Waals surface area (Å²) in [5.41, 5.74) is -0.640. The van der Waals surface area contributed by atoms with E-state index in [9.17, 15) is 19.7 Å². The Morgan fingerprint density at radius 2 is 1.59 bits per heavy atom. The smallest absolute Gasteiger partial charge is 0.338 e. The maximum Gasteiger partial charge on any atom is 0.338 e. The number of esters is 2. The van der Waals surface area contributed by atoms with E-state index in [-0.39, 0.29) is 30.9 Å². The van der Waals surface area contributed by atoms with Crippen LogP contribution in [0.15, 0.2) is 42.5 Å². The summed E-state index contributed by atoms with van der Waals surface area (Å²) < 4.78 is 15.2. The Kier molecular flexibility index (Phi) is 7.13. The van der Waals surface area contributed by atoms with Gasteiger partial charge in [-0.3, -0.25) is 10.1 Å². The number of benzene rings is 2. The number of carbonyl (C=O) groups is 2. The zero-order valence-electron chi connectivity index (χ0n) is 14.3. The van der Waals surface area contributed by atoms with Crippen LogP contribution in [0.2, 0.25) is 5.02 Å². The van der Waals surface area contributed by atoms with Crippen LogP contribution in [0.5, 0.6) is 5.75 Å². The van der Waals surface area contributed by atoms with E-state index in [0.29, 0.717) is 10.8 Å². The quantitative estimate of drug-likeness (QED) is 0.291. The van der Waals surface area contributed by atoms with Gasteiger partial charge in [-0.15, -0.1) is 0 Å². The Bertz CT molecular complexity index is 836. The highest BCUT2D eigenvalue weighted by Gasteiger charge is 2.19. The molecule has 0 saturated heterocycles. The number of non-ortho nitro benzene ring substituents is 1. The molecule has 27 heavy (non-hydrogen) atoms. The van der Waals surface area contributed by atoms with E-state index in [1.807, 2.05) is 0 Å². The summed E-state index contributed by atoms with van der Waals surface area (Å²) in [4.78, 5) is 34.3. The number of carbonyl (C=O) groups excluding carboxylic acids is 2. The lowest BCUT2D eigenvalue weighted by atomic mass is 10.1. The van der Waals surface area contributed by atoms with Crippen molar-refractivity contribution in [2.45, 2.75) is 6.92 Å². The van der Waals surface area contributed by atoms with Crippen LogP contribution in [0, 0.1) is 10.1 Å². The molecule has 0 aromatic heterocycles. The van der Waals surface area contributed by atoms with E-state index in [4.69, 9.17) is 25.8 Å². The van der Waals surface area contributed by atoms with Crippen molar-refractivity contribution < 1.29 is 28.7 Å². The van der Waals surface area contributed by atoms with Gasteiger partial charge in [-0.05, 0) is 37.3 Å². The van der Waals surface area contributed by atoms with Crippen molar-refractivity contribution in [3.63, 3.8) is 0 Å². The first-order valence-corrected chi connectivity index (χ1v) is 8.30. The second kappa shape index (κ2) is 9.54. The molecule has 0 aliphatic carbocycles. The van der Waals surface area contributed by atoms with Crippen LogP contribution in [0.25, 0.3) is 0 Å². The number of nitro groups is 1. The molecule has 0 spiro atoms. The van der Waals surface area contributed by atoms with Crippen molar-refractivity contribution in [1.29, 1.82) is 0 Å². The lowest BCUT2D eigenvalue weighted by Crippen LogP contribution is -2.14. The van der Waals surface area contributed by atoms with Crippen molar-refractivity contribution in [3.8, 4) is 5.75 Å². The highest BCUT2D eigenvalue weighted by molar-refractivity contribution is 6.30. The first kappa shape index (κ1) is 20.2. The Labute approximate surface area is 159 Å². The van der Waals surface area contributed by atoms with Gasteiger partial charge >= 0.3 is 11.9 Å². The molecule has 0 amide bonds.